The number of fused-ring (bicyclic) bond motifs is 1. The number of ether oxygens (including phenoxy) is 1. The van der Waals surface area contributed by atoms with E-state index < -0.39 is 0 Å². The Balaban J connectivity index is 2.13. The molecule has 0 unspecified atom stereocenters. The van der Waals surface area contributed by atoms with Gasteiger partial charge in [0.15, 0.2) is 10.2 Å². The number of hydrogen-bond acceptors (Lipinski definition) is 5. The monoisotopic (exact) mass is 295 g/mol. The van der Waals surface area contributed by atoms with Crippen LogP contribution in [0, 0.1) is 5.41 Å². The lowest BCUT2D eigenvalue weighted by molar-refractivity contribution is 0.415. The van der Waals surface area contributed by atoms with Crippen molar-refractivity contribution in [2.24, 2.45) is 0 Å². The van der Waals surface area contributed by atoms with E-state index in [2.05, 4.69) is 20.9 Å². The van der Waals surface area contributed by atoms with Gasteiger partial charge in [0.05, 0.1) is 17.3 Å². The zero-order valence-electron chi connectivity index (χ0n) is 10.4. The fourth-order valence-electron chi connectivity index (χ4n) is 1.40. The third-order valence-corrected chi connectivity index (χ3v) is 3.53. The SMILES string of the molecule is CNC(=S)NC(=N)Nc1nc2ccc(OC)cc2s1. The number of hydrogen-bond donors (Lipinski definition) is 4. The number of rotatable bonds is 2. The first-order chi connectivity index (χ1) is 9.12. The van der Waals surface area contributed by atoms with E-state index in [0.717, 1.165) is 16.0 Å². The Morgan fingerprint density at radius 3 is 2.95 bits per heavy atom. The van der Waals surface area contributed by atoms with Crippen LogP contribution in [0.15, 0.2) is 18.2 Å². The molecule has 6 nitrogen and oxygen atoms in total. The van der Waals surface area contributed by atoms with Gasteiger partial charge in [0.1, 0.15) is 5.75 Å². The molecule has 19 heavy (non-hydrogen) atoms. The molecule has 1 heterocycles. The first kappa shape index (κ1) is 13.5. The number of nitrogens with zero attached hydrogens (tertiary/aromatic N) is 1. The number of thiocarbonyl (C=S) groups is 1. The molecule has 0 fully saturated rings. The molecule has 0 aliphatic rings. The van der Waals surface area contributed by atoms with Crippen molar-refractivity contribution in [1.82, 2.24) is 15.6 Å². The molecule has 1 aromatic carbocycles. The van der Waals surface area contributed by atoms with Crippen molar-refractivity contribution in [2.45, 2.75) is 0 Å². The molecule has 0 saturated heterocycles. The predicted octanol–water partition coefficient (Wildman–Crippen LogP) is 1.75. The number of nitrogens with one attached hydrogen (secondary N) is 4. The maximum atomic E-state index is 7.70. The molecule has 0 spiro atoms. The molecular formula is C11H13N5OS2. The van der Waals surface area contributed by atoms with Gasteiger partial charge in [0.25, 0.3) is 0 Å². The highest BCUT2D eigenvalue weighted by Gasteiger charge is 2.07. The molecule has 8 heteroatoms. The number of methoxy groups -OCH3 is 1. The van der Waals surface area contributed by atoms with E-state index in [9.17, 15) is 0 Å². The highest BCUT2D eigenvalue weighted by Crippen LogP contribution is 2.28. The minimum Gasteiger partial charge on any atom is -0.497 e. The molecular weight excluding hydrogens is 282 g/mol. The standard InChI is InChI=1S/C11H13N5OS2/c1-13-10(18)15-9(12)16-11-14-7-4-3-6(17-2)5-8(7)19-11/h3-5H,1-2H3,(H4,12,13,14,15,16,18). The third-order valence-electron chi connectivity index (χ3n) is 2.29. The van der Waals surface area contributed by atoms with Gasteiger partial charge in [-0.1, -0.05) is 11.3 Å². The number of guanidine groups is 1. The Hall–Kier alpha value is -1.93. The lowest BCUT2D eigenvalue weighted by atomic mass is 10.3. The van der Waals surface area contributed by atoms with Crippen molar-refractivity contribution < 1.29 is 4.74 Å². The normalized spacial score (nSPS) is 10.0. The summed E-state index contributed by atoms with van der Waals surface area (Å²) >= 11 is 6.35. The van der Waals surface area contributed by atoms with Gasteiger partial charge in [-0.25, -0.2) is 4.98 Å². The van der Waals surface area contributed by atoms with Gasteiger partial charge in [-0.05, 0) is 30.4 Å². The minimum absolute atomic E-state index is 0.0744. The first-order valence-electron chi connectivity index (χ1n) is 5.41. The second-order valence-electron chi connectivity index (χ2n) is 3.56. The lowest BCUT2D eigenvalue weighted by Gasteiger charge is -2.07. The van der Waals surface area contributed by atoms with E-state index in [1.807, 2.05) is 18.2 Å². The number of anilines is 1. The molecule has 2 aromatic rings. The summed E-state index contributed by atoms with van der Waals surface area (Å²) in [6.07, 6.45) is 0. The van der Waals surface area contributed by atoms with Crippen molar-refractivity contribution in [2.75, 3.05) is 19.5 Å². The third kappa shape index (κ3) is 3.30. The molecule has 0 aliphatic heterocycles. The zero-order chi connectivity index (χ0) is 13.8. The van der Waals surface area contributed by atoms with Gasteiger partial charge in [0.2, 0.25) is 5.96 Å². The van der Waals surface area contributed by atoms with E-state index in [-0.39, 0.29) is 5.96 Å². The number of aromatic nitrogens is 1. The quantitative estimate of drug-likeness (QED) is 0.384. The van der Waals surface area contributed by atoms with E-state index >= 15 is 0 Å². The second kappa shape index (κ2) is 5.81. The fraction of sp³-hybridized carbons (Fsp3) is 0.182. The van der Waals surface area contributed by atoms with Crippen LogP contribution in [-0.4, -0.2) is 30.2 Å². The molecule has 0 radical (unpaired) electrons. The highest BCUT2D eigenvalue weighted by atomic mass is 32.1. The average molecular weight is 295 g/mol. The topological polar surface area (TPSA) is 82.1 Å². The number of thiazole rings is 1. The van der Waals surface area contributed by atoms with Gasteiger partial charge in [-0.2, -0.15) is 0 Å². The minimum atomic E-state index is 0.0744. The van der Waals surface area contributed by atoms with E-state index in [0.29, 0.717) is 10.2 Å². The summed E-state index contributed by atoms with van der Waals surface area (Å²) in [5.74, 6) is 0.859. The lowest BCUT2D eigenvalue weighted by Crippen LogP contribution is -2.40. The van der Waals surface area contributed by atoms with Crippen LogP contribution >= 0.6 is 23.6 Å². The van der Waals surface area contributed by atoms with Crippen molar-refractivity contribution in [1.29, 1.82) is 5.41 Å². The van der Waals surface area contributed by atoms with Gasteiger partial charge in [-0.3, -0.25) is 5.41 Å². The van der Waals surface area contributed by atoms with Gasteiger partial charge < -0.3 is 20.7 Å². The smallest absolute Gasteiger partial charge is 0.201 e. The zero-order valence-corrected chi connectivity index (χ0v) is 12.0. The van der Waals surface area contributed by atoms with E-state index in [1.165, 1.54) is 11.3 Å². The number of benzene rings is 1. The molecule has 100 valence electrons. The van der Waals surface area contributed by atoms with Gasteiger partial charge in [0, 0.05) is 7.05 Å². The van der Waals surface area contributed by atoms with Crippen LogP contribution < -0.4 is 20.7 Å². The largest absolute Gasteiger partial charge is 0.497 e. The fourth-order valence-corrected chi connectivity index (χ4v) is 2.40. The van der Waals surface area contributed by atoms with Crippen molar-refractivity contribution in [3.63, 3.8) is 0 Å². The Kier molecular flexibility index (Phi) is 4.13. The molecule has 1 aromatic heterocycles. The molecule has 0 saturated carbocycles. The van der Waals surface area contributed by atoms with Crippen LogP contribution in [-0.2, 0) is 0 Å². The van der Waals surface area contributed by atoms with Crippen molar-refractivity contribution >= 4 is 50.0 Å². The second-order valence-corrected chi connectivity index (χ2v) is 5.00. The highest BCUT2D eigenvalue weighted by molar-refractivity contribution is 7.80. The molecule has 0 amide bonds. The molecule has 4 N–H and O–H groups in total. The Labute approximate surface area is 119 Å². The Morgan fingerprint density at radius 1 is 1.47 bits per heavy atom. The van der Waals surface area contributed by atoms with Crippen LogP contribution in [0.1, 0.15) is 0 Å². The summed E-state index contributed by atoms with van der Waals surface area (Å²) in [7, 11) is 3.31. The van der Waals surface area contributed by atoms with Crippen molar-refractivity contribution in [3.8, 4) is 5.75 Å². The molecule has 0 bridgehead atoms. The molecule has 0 atom stereocenters. The predicted molar refractivity (Wildman–Crippen MR) is 82.3 cm³/mol. The van der Waals surface area contributed by atoms with Gasteiger partial charge >= 0.3 is 0 Å². The summed E-state index contributed by atoms with van der Waals surface area (Å²) in [6.45, 7) is 0. The first-order valence-corrected chi connectivity index (χ1v) is 6.63. The summed E-state index contributed by atoms with van der Waals surface area (Å²) < 4.78 is 6.15. The van der Waals surface area contributed by atoms with Crippen LogP contribution in [0.25, 0.3) is 10.2 Å². The van der Waals surface area contributed by atoms with Crippen LogP contribution in [0.4, 0.5) is 5.13 Å². The van der Waals surface area contributed by atoms with Crippen LogP contribution in [0.2, 0.25) is 0 Å². The molecule has 0 aliphatic carbocycles. The van der Waals surface area contributed by atoms with Crippen LogP contribution in [0.3, 0.4) is 0 Å². The van der Waals surface area contributed by atoms with Crippen molar-refractivity contribution in [3.05, 3.63) is 18.2 Å². The summed E-state index contributed by atoms with van der Waals surface area (Å²) in [5.41, 5.74) is 0.859. The Bertz CT molecular complexity index is 625. The molecule has 2 rings (SSSR count). The summed E-state index contributed by atoms with van der Waals surface area (Å²) in [4.78, 5) is 4.37. The van der Waals surface area contributed by atoms with E-state index in [1.54, 1.807) is 14.2 Å². The van der Waals surface area contributed by atoms with Gasteiger partial charge in [-0.15, -0.1) is 0 Å². The summed E-state index contributed by atoms with van der Waals surface area (Å²) in [5, 5.41) is 17.0. The van der Waals surface area contributed by atoms with E-state index in [4.69, 9.17) is 22.4 Å². The Morgan fingerprint density at radius 2 is 2.26 bits per heavy atom. The average Bonchev–Trinajstić information content (AvgIpc) is 2.78. The maximum absolute atomic E-state index is 7.70. The van der Waals surface area contributed by atoms with Crippen LogP contribution in [0.5, 0.6) is 5.75 Å². The summed E-state index contributed by atoms with van der Waals surface area (Å²) in [6, 6.07) is 5.64. The maximum Gasteiger partial charge on any atom is 0.201 e.